The first-order valence-electron chi connectivity index (χ1n) is 7.01. The molecule has 0 unspecified atom stereocenters. The highest BCUT2D eigenvalue weighted by Crippen LogP contribution is 2.35. The fourth-order valence-electron chi connectivity index (χ4n) is 2.00. The number of hydrogen-bond acceptors (Lipinski definition) is 3. The molecule has 1 aromatic rings. The van der Waals surface area contributed by atoms with E-state index in [1.54, 1.807) is 24.3 Å². The monoisotopic (exact) mass is 324 g/mol. The maximum atomic E-state index is 11.8. The van der Waals surface area contributed by atoms with Gasteiger partial charge in [0, 0.05) is 23.6 Å². The molecule has 3 N–H and O–H groups in total. The Hall–Kier alpha value is -2.08. The van der Waals surface area contributed by atoms with E-state index in [0.29, 0.717) is 36.4 Å². The van der Waals surface area contributed by atoms with E-state index in [9.17, 15) is 14.4 Å². The third-order valence-corrected chi connectivity index (χ3v) is 3.76. The minimum absolute atomic E-state index is 0.177. The van der Waals surface area contributed by atoms with Gasteiger partial charge in [0.1, 0.15) is 5.54 Å². The molecule has 7 heteroatoms. The average molecular weight is 325 g/mol. The van der Waals surface area contributed by atoms with E-state index in [0.717, 1.165) is 0 Å². The van der Waals surface area contributed by atoms with Gasteiger partial charge in [-0.25, -0.2) is 4.79 Å². The van der Waals surface area contributed by atoms with Crippen molar-refractivity contribution in [3.8, 4) is 0 Å². The lowest BCUT2D eigenvalue weighted by Gasteiger charge is -2.12. The van der Waals surface area contributed by atoms with Crippen LogP contribution >= 0.6 is 11.6 Å². The van der Waals surface area contributed by atoms with Gasteiger partial charge in [-0.05, 0) is 43.5 Å². The van der Waals surface area contributed by atoms with Gasteiger partial charge in [0.2, 0.25) is 5.91 Å². The number of carbonyl (C=O) groups excluding carboxylic acids is 2. The molecule has 0 heterocycles. The largest absolute Gasteiger partial charge is 0.480 e. The Labute approximate surface area is 132 Å². The molecule has 1 aromatic carbocycles. The van der Waals surface area contributed by atoms with Gasteiger partial charge in [-0.15, -0.1) is 0 Å². The van der Waals surface area contributed by atoms with Crippen LogP contribution in [0.25, 0.3) is 0 Å². The lowest BCUT2D eigenvalue weighted by Crippen LogP contribution is -2.43. The highest BCUT2D eigenvalue weighted by molar-refractivity contribution is 6.30. The van der Waals surface area contributed by atoms with Crippen LogP contribution in [-0.4, -0.2) is 35.0 Å². The fourth-order valence-corrected chi connectivity index (χ4v) is 2.13. The van der Waals surface area contributed by atoms with Gasteiger partial charge >= 0.3 is 5.97 Å². The maximum Gasteiger partial charge on any atom is 0.329 e. The molecule has 1 fully saturated rings. The van der Waals surface area contributed by atoms with Crippen LogP contribution in [0, 0.1) is 0 Å². The molecule has 0 spiro atoms. The van der Waals surface area contributed by atoms with E-state index in [1.165, 1.54) is 0 Å². The Kier molecular flexibility index (Phi) is 5.03. The van der Waals surface area contributed by atoms with Crippen LogP contribution in [0.4, 0.5) is 0 Å². The predicted octanol–water partition coefficient (Wildman–Crippen LogP) is 1.58. The quantitative estimate of drug-likeness (QED) is 0.664. The summed E-state index contributed by atoms with van der Waals surface area (Å²) in [6.07, 6.45) is 1.57. The molecule has 0 saturated heterocycles. The first-order chi connectivity index (χ1) is 10.4. The molecular weight excluding hydrogens is 308 g/mol. The van der Waals surface area contributed by atoms with Crippen molar-refractivity contribution in [1.82, 2.24) is 10.6 Å². The van der Waals surface area contributed by atoms with Crippen LogP contribution in [-0.2, 0) is 9.59 Å². The van der Waals surface area contributed by atoms with E-state index in [4.69, 9.17) is 16.7 Å². The SMILES string of the molecule is O=C(CCCNC(=O)c1ccc(Cl)cc1)NC1(C(=O)O)CC1. The number of benzene rings is 1. The van der Waals surface area contributed by atoms with E-state index in [2.05, 4.69) is 10.6 Å². The predicted molar refractivity (Wildman–Crippen MR) is 80.8 cm³/mol. The zero-order chi connectivity index (χ0) is 16.2. The highest BCUT2D eigenvalue weighted by Gasteiger charge is 2.51. The molecule has 1 saturated carbocycles. The summed E-state index contributed by atoms with van der Waals surface area (Å²) in [5.41, 5.74) is -0.555. The van der Waals surface area contributed by atoms with Crippen molar-refractivity contribution in [2.45, 2.75) is 31.2 Å². The van der Waals surface area contributed by atoms with Crippen molar-refractivity contribution in [3.63, 3.8) is 0 Å². The van der Waals surface area contributed by atoms with Crippen molar-refractivity contribution < 1.29 is 19.5 Å². The molecule has 1 aliphatic carbocycles. The second kappa shape index (κ2) is 6.79. The molecular formula is C15H17ClN2O4. The Morgan fingerprint density at radius 2 is 1.82 bits per heavy atom. The standard InChI is InChI=1S/C15H17ClN2O4/c16-11-5-3-10(4-6-11)13(20)17-9-1-2-12(19)18-15(7-8-15)14(21)22/h3-6H,1-2,7-9H2,(H,17,20)(H,18,19)(H,21,22). The molecule has 0 atom stereocenters. The Morgan fingerprint density at radius 3 is 2.36 bits per heavy atom. The van der Waals surface area contributed by atoms with Crippen LogP contribution in [0.15, 0.2) is 24.3 Å². The summed E-state index contributed by atoms with van der Waals surface area (Å²) in [4.78, 5) is 34.4. The van der Waals surface area contributed by atoms with E-state index < -0.39 is 11.5 Å². The van der Waals surface area contributed by atoms with Crippen LogP contribution in [0.5, 0.6) is 0 Å². The van der Waals surface area contributed by atoms with Crippen LogP contribution < -0.4 is 10.6 Å². The molecule has 2 amide bonds. The minimum Gasteiger partial charge on any atom is -0.480 e. The summed E-state index contributed by atoms with van der Waals surface area (Å²) >= 11 is 5.74. The third kappa shape index (κ3) is 4.21. The maximum absolute atomic E-state index is 11.8. The topological polar surface area (TPSA) is 95.5 Å². The first-order valence-corrected chi connectivity index (χ1v) is 7.39. The smallest absolute Gasteiger partial charge is 0.329 e. The average Bonchev–Trinajstić information content (AvgIpc) is 3.25. The van der Waals surface area contributed by atoms with Gasteiger partial charge in [0.15, 0.2) is 0 Å². The summed E-state index contributed by atoms with van der Waals surface area (Å²) in [5, 5.41) is 14.7. The zero-order valence-corrected chi connectivity index (χ0v) is 12.7. The summed E-state index contributed by atoms with van der Waals surface area (Å²) in [6.45, 7) is 0.342. The molecule has 1 aliphatic rings. The van der Waals surface area contributed by atoms with Crippen LogP contribution in [0.1, 0.15) is 36.0 Å². The van der Waals surface area contributed by atoms with Crippen LogP contribution in [0.3, 0.4) is 0 Å². The number of hydrogen-bond donors (Lipinski definition) is 3. The van der Waals surface area contributed by atoms with Gasteiger partial charge in [-0.2, -0.15) is 0 Å². The first kappa shape index (κ1) is 16.3. The minimum atomic E-state index is -1.05. The number of nitrogens with one attached hydrogen (secondary N) is 2. The molecule has 2 rings (SSSR count). The van der Waals surface area contributed by atoms with Gasteiger partial charge in [-0.3, -0.25) is 9.59 Å². The molecule has 0 aromatic heterocycles. The molecule has 118 valence electrons. The number of aliphatic carboxylic acids is 1. The second-order valence-corrected chi connectivity index (χ2v) is 5.74. The number of amides is 2. The molecule has 22 heavy (non-hydrogen) atoms. The molecule has 0 radical (unpaired) electrons. The van der Waals surface area contributed by atoms with Crippen molar-refractivity contribution in [3.05, 3.63) is 34.9 Å². The zero-order valence-electron chi connectivity index (χ0n) is 11.9. The summed E-state index contributed by atoms with van der Waals surface area (Å²) in [7, 11) is 0. The van der Waals surface area contributed by atoms with Crippen molar-refractivity contribution in [2.24, 2.45) is 0 Å². The molecule has 0 aliphatic heterocycles. The lowest BCUT2D eigenvalue weighted by molar-refractivity contribution is -0.143. The number of carbonyl (C=O) groups is 3. The van der Waals surface area contributed by atoms with Crippen molar-refractivity contribution >= 4 is 29.4 Å². The van der Waals surface area contributed by atoms with Crippen molar-refractivity contribution in [2.75, 3.05) is 6.54 Å². The number of carboxylic acid groups (broad SMARTS) is 1. The Bertz CT molecular complexity index is 582. The Balaban J connectivity index is 1.66. The third-order valence-electron chi connectivity index (χ3n) is 3.51. The van der Waals surface area contributed by atoms with Crippen LogP contribution in [0.2, 0.25) is 5.02 Å². The highest BCUT2D eigenvalue weighted by atomic mass is 35.5. The van der Waals surface area contributed by atoms with Crippen molar-refractivity contribution in [1.29, 1.82) is 0 Å². The van der Waals surface area contributed by atoms with Gasteiger partial charge in [0.25, 0.3) is 5.91 Å². The summed E-state index contributed by atoms with van der Waals surface area (Å²) in [5.74, 6) is -1.53. The summed E-state index contributed by atoms with van der Waals surface area (Å²) < 4.78 is 0. The second-order valence-electron chi connectivity index (χ2n) is 5.30. The lowest BCUT2D eigenvalue weighted by atomic mass is 10.2. The van der Waals surface area contributed by atoms with Gasteiger partial charge in [0.05, 0.1) is 0 Å². The van der Waals surface area contributed by atoms with E-state index in [1.807, 2.05) is 0 Å². The van der Waals surface area contributed by atoms with Gasteiger partial charge in [-0.1, -0.05) is 11.6 Å². The van der Waals surface area contributed by atoms with E-state index in [-0.39, 0.29) is 18.2 Å². The number of carboxylic acids is 1. The molecule has 0 bridgehead atoms. The summed E-state index contributed by atoms with van der Waals surface area (Å²) in [6, 6.07) is 6.50. The number of halogens is 1. The normalized spacial score (nSPS) is 15.0. The van der Waals surface area contributed by atoms with Gasteiger partial charge < -0.3 is 15.7 Å². The Morgan fingerprint density at radius 1 is 1.18 bits per heavy atom. The molecule has 6 nitrogen and oxygen atoms in total. The fraction of sp³-hybridized carbons (Fsp3) is 0.400. The number of rotatable bonds is 7. The van der Waals surface area contributed by atoms with E-state index >= 15 is 0 Å².